The first-order valence-corrected chi connectivity index (χ1v) is 5.85. The minimum Gasteiger partial charge on any atom is -0.481 e. The van der Waals surface area contributed by atoms with Crippen molar-refractivity contribution in [1.82, 2.24) is 0 Å². The molecular weight excluding hydrogens is 310 g/mol. The number of hydrogen-bond donors (Lipinski definition) is 1. The largest absolute Gasteiger partial charge is 0.481 e. The molecule has 1 atom stereocenters. The summed E-state index contributed by atoms with van der Waals surface area (Å²) in [5.74, 6) is -1.87. The third kappa shape index (κ3) is 2.30. The van der Waals surface area contributed by atoms with Crippen molar-refractivity contribution >= 4 is 28.6 Å². The first-order valence-electron chi connectivity index (χ1n) is 4.77. The van der Waals surface area contributed by atoms with Crippen molar-refractivity contribution < 1.29 is 14.3 Å². The number of rotatable bonds is 3. The van der Waals surface area contributed by atoms with Crippen molar-refractivity contribution in [2.75, 3.05) is 0 Å². The van der Waals surface area contributed by atoms with Crippen LogP contribution in [0.2, 0.25) is 0 Å². The van der Waals surface area contributed by atoms with E-state index >= 15 is 0 Å². The third-order valence-electron chi connectivity index (χ3n) is 2.65. The van der Waals surface area contributed by atoms with Crippen LogP contribution in [0.5, 0.6) is 0 Å². The van der Waals surface area contributed by atoms with E-state index in [1.165, 1.54) is 6.07 Å². The molecule has 1 saturated carbocycles. The highest BCUT2D eigenvalue weighted by atomic mass is 127. The summed E-state index contributed by atoms with van der Waals surface area (Å²) in [7, 11) is 0. The van der Waals surface area contributed by atoms with Crippen LogP contribution in [0.4, 0.5) is 4.39 Å². The summed E-state index contributed by atoms with van der Waals surface area (Å²) < 4.78 is 14.4. The normalized spacial score (nSPS) is 17.5. The van der Waals surface area contributed by atoms with Gasteiger partial charge in [-0.15, -0.1) is 0 Å². The molecule has 0 aromatic heterocycles. The number of carbonyl (C=O) groups is 1. The summed E-state index contributed by atoms with van der Waals surface area (Å²) in [6.07, 6.45) is 1.78. The average molecular weight is 320 g/mol. The number of hydrogen-bond acceptors (Lipinski definition) is 1. The van der Waals surface area contributed by atoms with E-state index in [1.807, 2.05) is 0 Å². The summed E-state index contributed by atoms with van der Waals surface area (Å²) in [6.45, 7) is 0. The Morgan fingerprint density at radius 2 is 2.20 bits per heavy atom. The van der Waals surface area contributed by atoms with Gasteiger partial charge >= 0.3 is 5.97 Å². The van der Waals surface area contributed by atoms with Gasteiger partial charge in [0.15, 0.2) is 0 Å². The van der Waals surface area contributed by atoms with Gasteiger partial charge in [0, 0.05) is 9.13 Å². The molecule has 1 aliphatic carbocycles. The van der Waals surface area contributed by atoms with Crippen molar-refractivity contribution in [3.8, 4) is 0 Å². The van der Waals surface area contributed by atoms with Crippen LogP contribution in [0, 0.1) is 15.3 Å². The fraction of sp³-hybridized carbons (Fsp3) is 0.364. The zero-order valence-corrected chi connectivity index (χ0v) is 10.1. The molecule has 0 radical (unpaired) electrons. The molecule has 0 bridgehead atoms. The molecule has 0 heterocycles. The Morgan fingerprint density at radius 3 is 2.73 bits per heavy atom. The third-order valence-corrected chi connectivity index (χ3v) is 3.32. The maximum atomic E-state index is 13.5. The highest BCUT2D eigenvalue weighted by molar-refractivity contribution is 14.1. The van der Waals surface area contributed by atoms with E-state index in [1.54, 1.807) is 12.1 Å². The zero-order valence-electron chi connectivity index (χ0n) is 7.91. The van der Waals surface area contributed by atoms with Crippen LogP contribution >= 0.6 is 22.6 Å². The molecule has 2 rings (SSSR count). The van der Waals surface area contributed by atoms with E-state index in [9.17, 15) is 9.18 Å². The van der Waals surface area contributed by atoms with Crippen LogP contribution in [-0.4, -0.2) is 11.1 Å². The van der Waals surface area contributed by atoms with Crippen LogP contribution in [0.1, 0.15) is 24.3 Å². The summed E-state index contributed by atoms with van der Waals surface area (Å²) in [5, 5.41) is 9.08. The summed E-state index contributed by atoms with van der Waals surface area (Å²) in [5.41, 5.74) is 0.330. The Balaban J connectivity index is 2.40. The minimum atomic E-state index is -0.918. The van der Waals surface area contributed by atoms with Gasteiger partial charge in [0.05, 0.1) is 5.92 Å². The quantitative estimate of drug-likeness (QED) is 0.870. The molecule has 0 spiro atoms. The van der Waals surface area contributed by atoms with Crippen LogP contribution in [-0.2, 0) is 4.79 Å². The minimum absolute atomic E-state index is 0.121. The van der Waals surface area contributed by atoms with Crippen molar-refractivity contribution in [3.63, 3.8) is 0 Å². The molecule has 1 N–H and O–H groups in total. The van der Waals surface area contributed by atoms with E-state index in [0.717, 1.165) is 16.4 Å². The Morgan fingerprint density at radius 1 is 1.53 bits per heavy atom. The summed E-state index contributed by atoms with van der Waals surface area (Å²) >= 11 is 2.06. The second kappa shape index (κ2) is 4.08. The van der Waals surface area contributed by atoms with Crippen LogP contribution in [0.15, 0.2) is 18.2 Å². The predicted molar refractivity (Wildman–Crippen MR) is 62.2 cm³/mol. The molecule has 2 nitrogen and oxygen atoms in total. The van der Waals surface area contributed by atoms with Crippen LogP contribution in [0.3, 0.4) is 0 Å². The molecule has 1 fully saturated rings. The van der Waals surface area contributed by atoms with Gasteiger partial charge in [0.1, 0.15) is 5.82 Å². The molecule has 0 amide bonds. The summed E-state index contributed by atoms with van der Waals surface area (Å²) in [4.78, 5) is 11.1. The van der Waals surface area contributed by atoms with Crippen molar-refractivity contribution in [2.45, 2.75) is 18.8 Å². The first kappa shape index (κ1) is 10.9. The van der Waals surface area contributed by atoms with Gasteiger partial charge in [0.25, 0.3) is 0 Å². The van der Waals surface area contributed by atoms with Crippen molar-refractivity contribution in [1.29, 1.82) is 0 Å². The van der Waals surface area contributed by atoms with Crippen LogP contribution < -0.4 is 0 Å². The lowest BCUT2D eigenvalue weighted by molar-refractivity contribution is -0.139. The zero-order chi connectivity index (χ0) is 11.0. The first-order chi connectivity index (χ1) is 7.09. The average Bonchev–Trinajstić information content (AvgIpc) is 2.95. The van der Waals surface area contributed by atoms with E-state index in [2.05, 4.69) is 22.6 Å². The van der Waals surface area contributed by atoms with Crippen molar-refractivity contribution in [2.24, 2.45) is 5.92 Å². The van der Waals surface area contributed by atoms with Gasteiger partial charge < -0.3 is 5.11 Å². The highest BCUT2D eigenvalue weighted by Gasteiger charge is 2.38. The van der Waals surface area contributed by atoms with Crippen LogP contribution in [0.25, 0.3) is 0 Å². The Hall–Kier alpha value is -0.650. The standard InChI is InChI=1S/C11H10FIO2/c12-9-4-3-7(13)5-8(9)10(11(14)15)6-1-2-6/h3-6,10H,1-2H2,(H,14,15). The second-order valence-corrected chi connectivity index (χ2v) is 5.06. The molecular formula is C11H10FIO2. The number of benzene rings is 1. The smallest absolute Gasteiger partial charge is 0.311 e. The second-order valence-electron chi connectivity index (χ2n) is 3.82. The topological polar surface area (TPSA) is 37.3 Å². The Bertz CT molecular complexity index is 402. The SMILES string of the molecule is O=C(O)C(c1cc(I)ccc1F)C1CC1. The number of aliphatic carboxylic acids is 1. The van der Waals surface area contributed by atoms with Gasteiger partial charge in [-0.3, -0.25) is 4.79 Å². The van der Waals surface area contributed by atoms with Gasteiger partial charge in [-0.2, -0.15) is 0 Å². The number of carboxylic acid groups (broad SMARTS) is 1. The fourth-order valence-corrected chi connectivity index (χ4v) is 2.29. The molecule has 1 aliphatic rings. The molecule has 4 heteroatoms. The Labute approximate surface area is 101 Å². The van der Waals surface area contributed by atoms with Gasteiger partial charge in [-0.1, -0.05) is 0 Å². The van der Waals surface area contributed by atoms with Gasteiger partial charge in [0.2, 0.25) is 0 Å². The molecule has 1 unspecified atom stereocenters. The lowest BCUT2D eigenvalue weighted by Crippen LogP contribution is -2.15. The molecule has 1 aromatic rings. The van der Waals surface area contributed by atoms with Crippen molar-refractivity contribution in [3.05, 3.63) is 33.1 Å². The van der Waals surface area contributed by atoms with E-state index in [-0.39, 0.29) is 5.92 Å². The lowest BCUT2D eigenvalue weighted by Gasteiger charge is -2.12. The molecule has 80 valence electrons. The number of carboxylic acids is 1. The molecule has 1 aromatic carbocycles. The molecule has 0 aliphatic heterocycles. The maximum absolute atomic E-state index is 13.5. The van der Waals surface area contributed by atoms with E-state index in [4.69, 9.17) is 5.11 Å². The highest BCUT2D eigenvalue weighted by Crippen LogP contribution is 2.43. The van der Waals surface area contributed by atoms with E-state index < -0.39 is 17.7 Å². The predicted octanol–water partition coefficient (Wildman–Crippen LogP) is 3.01. The number of halogens is 2. The monoisotopic (exact) mass is 320 g/mol. The van der Waals surface area contributed by atoms with E-state index in [0.29, 0.717) is 5.56 Å². The lowest BCUT2D eigenvalue weighted by atomic mass is 9.94. The maximum Gasteiger partial charge on any atom is 0.311 e. The molecule has 15 heavy (non-hydrogen) atoms. The Kier molecular flexibility index (Phi) is 2.95. The summed E-state index contributed by atoms with van der Waals surface area (Å²) in [6, 6.07) is 4.62. The van der Waals surface area contributed by atoms with Gasteiger partial charge in [-0.25, -0.2) is 4.39 Å². The van der Waals surface area contributed by atoms with Gasteiger partial charge in [-0.05, 0) is 59.5 Å². The fourth-order valence-electron chi connectivity index (χ4n) is 1.77. The molecule has 0 saturated heterocycles.